The first-order valence-electron chi connectivity index (χ1n) is 6.40. The highest BCUT2D eigenvalue weighted by atomic mass is 79.9. The number of piperazine rings is 1. The zero-order valence-corrected chi connectivity index (χ0v) is 14.7. The van der Waals surface area contributed by atoms with Gasteiger partial charge in [0, 0.05) is 43.5 Å². The first kappa shape index (κ1) is 16.5. The minimum atomic E-state index is -0.0229. The molecule has 2 aromatic heterocycles. The van der Waals surface area contributed by atoms with Crippen molar-refractivity contribution >= 4 is 45.6 Å². The smallest absolute Gasteiger partial charge is 0.265 e. The standard InChI is InChI=1S/C13H15BrN4OS.ClH/c1-17-5-4-16-12(17)10-8-15-3-6-18(10)13(19)11-9(14)2-7-20-11;/h2,4-5,7,10,15H,3,6,8H2,1H3;1H. The molecule has 0 aliphatic carbocycles. The normalized spacial score (nSPS) is 18.4. The molecular weight excluding hydrogens is 376 g/mol. The van der Waals surface area contributed by atoms with Gasteiger partial charge >= 0.3 is 0 Å². The van der Waals surface area contributed by atoms with Gasteiger partial charge in [-0.15, -0.1) is 23.7 Å². The van der Waals surface area contributed by atoms with Crippen LogP contribution >= 0.6 is 39.7 Å². The summed E-state index contributed by atoms with van der Waals surface area (Å²) in [6, 6.07) is 1.89. The van der Waals surface area contributed by atoms with Gasteiger partial charge in [-0.25, -0.2) is 4.98 Å². The summed E-state index contributed by atoms with van der Waals surface area (Å²) in [6.45, 7) is 2.25. The second-order valence-electron chi connectivity index (χ2n) is 4.71. The zero-order valence-electron chi connectivity index (χ0n) is 11.5. The molecule has 1 aliphatic rings. The summed E-state index contributed by atoms with van der Waals surface area (Å²) < 4.78 is 2.84. The summed E-state index contributed by atoms with van der Waals surface area (Å²) in [6.07, 6.45) is 3.68. The Hall–Kier alpha value is -0.890. The number of amides is 1. The van der Waals surface area contributed by atoms with E-state index in [1.54, 1.807) is 6.20 Å². The highest BCUT2D eigenvalue weighted by Gasteiger charge is 2.32. The van der Waals surface area contributed by atoms with Crippen molar-refractivity contribution in [3.63, 3.8) is 0 Å². The number of carbonyl (C=O) groups is 1. The fourth-order valence-electron chi connectivity index (χ4n) is 2.45. The highest BCUT2D eigenvalue weighted by Crippen LogP contribution is 2.28. The van der Waals surface area contributed by atoms with E-state index >= 15 is 0 Å². The van der Waals surface area contributed by atoms with Crippen LogP contribution in [-0.2, 0) is 7.05 Å². The number of aryl methyl sites for hydroxylation is 1. The van der Waals surface area contributed by atoms with E-state index in [0.29, 0.717) is 6.54 Å². The van der Waals surface area contributed by atoms with Gasteiger partial charge in [0.05, 0.1) is 0 Å². The lowest BCUT2D eigenvalue weighted by Gasteiger charge is -2.35. The second-order valence-corrected chi connectivity index (χ2v) is 6.48. The predicted molar refractivity (Wildman–Crippen MR) is 89.1 cm³/mol. The summed E-state index contributed by atoms with van der Waals surface area (Å²) in [5.41, 5.74) is 0. The molecule has 1 N–H and O–H groups in total. The van der Waals surface area contributed by atoms with Crippen LogP contribution in [0, 0.1) is 0 Å². The van der Waals surface area contributed by atoms with Crippen LogP contribution < -0.4 is 5.32 Å². The largest absolute Gasteiger partial charge is 0.336 e. The average Bonchev–Trinajstić information content (AvgIpc) is 3.06. The molecule has 1 aliphatic heterocycles. The minimum Gasteiger partial charge on any atom is -0.336 e. The number of nitrogens with one attached hydrogen (secondary N) is 1. The van der Waals surface area contributed by atoms with Crippen molar-refractivity contribution in [2.24, 2.45) is 7.05 Å². The van der Waals surface area contributed by atoms with Gasteiger partial charge in [-0.3, -0.25) is 4.79 Å². The molecule has 1 fully saturated rings. The Morgan fingerprint density at radius 2 is 2.38 bits per heavy atom. The average molecular weight is 392 g/mol. The lowest BCUT2D eigenvalue weighted by atomic mass is 10.1. The molecule has 114 valence electrons. The van der Waals surface area contributed by atoms with Crippen molar-refractivity contribution in [3.05, 3.63) is 39.0 Å². The van der Waals surface area contributed by atoms with E-state index in [9.17, 15) is 4.79 Å². The van der Waals surface area contributed by atoms with Crippen molar-refractivity contribution in [2.75, 3.05) is 19.6 Å². The molecule has 0 bridgehead atoms. The molecule has 0 saturated carbocycles. The monoisotopic (exact) mass is 390 g/mol. The van der Waals surface area contributed by atoms with Gasteiger partial charge in [-0.2, -0.15) is 0 Å². The number of rotatable bonds is 2. The van der Waals surface area contributed by atoms with Gasteiger partial charge in [0.25, 0.3) is 5.91 Å². The van der Waals surface area contributed by atoms with Crippen LogP contribution in [0.1, 0.15) is 21.5 Å². The van der Waals surface area contributed by atoms with Crippen LogP contribution in [0.15, 0.2) is 28.3 Å². The van der Waals surface area contributed by atoms with Gasteiger partial charge in [0.1, 0.15) is 16.7 Å². The molecule has 1 saturated heterocycles. The van der Waals surface area contributed by atoms with E-state index in [1.807, 2.05) is 34.2 Å². The van der Waals surface area contributed by atoms with Gasteiger partial charge < -0.3 is 14.8 Å². The topological polar surface area (TPSA) is 50.2 Å². The molecule has 1 amide bonds. The van der Waals surface area contributed by atoms with Crippen molar-refractivity contribution in [2.45, 2.75) is 6.04 Å². The van der Waals surface area contributed by atoms with Crippen molar-refractivity contribution in [3.8, 4) is 0 Å². The number of halogens is 2. The number of nitrogens with zero attached hydrogens (tertiary/aromatic N) is 3. The van der Waals surface area contributed by atoms with Crippen LogP contribution in [-0.4, -0.2) is 40.0 Å². The summed E-state index contributed by atoms with van der Waals surface area (Å²) in [7, 11) is 1.96. The number of hydrogen-bond donors (Lipinski definition) is 1. The maximum Gasteiger partial charge on any atom is 0.265 e. The summed E-state index contributed by atoms with van der Waals surface area (Å²) in [5, 5.41) is 5.27. The van der Waals surface area contributed by atoms with Gasteiger partial charge in [-0.1, -0.05) is 0 Å². The van der Waals surface area contributed by atoms with Crippen molar-refractivity contribution < 1.29 is 4.79 Å². The molecule has 21 heavy (non-hydrogen) atoms. The van der Waals surface area contributed by atoms with Gasteiger partial charge in [-0.05, 0) is 27.4 Å². The Balaban J connectivity index is 0.00000161. The van der Waals surface area contributed by atoms with Crippen LogP contribution in [0.25, 0.3) is 0 Å². The fraction of sp³-hybridized carbons (Fsp3) is 0.385. The van der Waals surface area contributed by atoms with E-state index in [0.717, 1.165) is 28.3 Å². The summed E-state index contributed by atoms with van der Waals surface area (Å²) >= 11 is 4.91. The summed E-state index contributed by atoms with van der Waals surface area (Å²) in [5.74, 6) is 0.986. The van der Waals surface area contributed by atoms with E-state index in [1.165, 1.54) is 11.3 Å². The molecule has 0 spiro atoms. The van der Waals surface area contributed by atoms with Crippen LogP contribution in [0.2, 0.25) is 0 Å². The SMILES string of the molecule is Cl.Cn1ccnc1C1CNCCN1C(=O)c1sccc1Br. The molecule has 5 nitrogen and oxygen atoms in total. The maximum absolute atomic E-state index is 12.7. The molecule has 2 aromatic rings. The van der Waals surface area contributed by atoms with E-state index in [2.05, 4.69) is 26.2 Å². The van der Waals surface area contributed by atoms with Crippen molar-refractivity contribution in [1.82, 2.24) is 19.8 Å². The highest BCUT2D eigenvalue weighted by molar-refractivity contribution is 9.10. The van der Waals surface area contributed by atoms with E-state index in [4.69, 9.17) is 0 Å². The molecule has 0 aromatic carbocycles. The molecule has 8 heteroatoms. The molecule has 1 unspecified atom stereocenters. The Labute approximate surface area is 141 Å². The number of hydrogen-bond acceptors (Lipinski definition) is 4. The quantitative estimate of drug-likeness (QED) is 0.855. The van der Waals surface area contributed by atoms with Crippen LogP contribution in [0.3, 0.4) is 0 Å². The lowest BCUT2D eigenvalue weighted by Crippen LogP contribution is -2.49. The van der Waals surface area contributed by atoms with Crippen LogP contribution in [0.5, 0.6) is 0 Å². The zero-order chi connectivity index (χ0) is 14.1. The lowest BCUT2D eigenvalue weighted by molar-refractivity contribution is 0.0625. The maximum atomic E-state index is 12.7. The van der Waals surface area contributed by atoms with E-state index < -0.39 is 0 Å². The predicted octanol–water partition coefficient (Wildman–Crippen LogP) is 2.45. The van der Waals surface area contributed by atoms with Crippen LogP contribution in [0.4, 0.5) is 0 Å². The third-order valence-electron chi connectivity index (χ3n) is 3.47. The minimum absolute atomic E-state index is 0. The Morgan fingerprint density at radius 3 is 3.00 bits per heavy atom. The molecule has 3 rings (SSSR count). The molecular formula is C13H16BrClN4OS. The molecule has 0 radical (unpaired) electrons. The number of imidazole rings is 1. The number of aromatic nitrogens is 2. The van der Waals surface area contributed by atoms with Gasteiger partial charge in [0.15, 0.2) is 0 Å². The van der Waals surface area contributed by atoms with E-state index in [-0.39, 0.29) is 24.4 Å². The first-order valence-corrected chi connectivity index (χ1v) is 8.07. The third kappa shape index (κ3) is 3.15. The number of thiophene rings is 1. The molecule has 3 heterocycles. The number of carbonyl (C=O) groups excluding carboxylic acids is 1. The molecule has 1 atom stereocenters. The Kier molecular flexibility index (Phi) is 5.43. The Morgan fingerprint density at radius 1 is 1.57 bits per heavy atom. The second kappa shape index (κ2) is 6.91. The Bertz CT molecular complexity index is 629. The fourth-order valence-corrected chi connectivity index (χ4v) is 3.95. The van der Waals surface area contributed by atoms with Crippen molar-refractivity contribution in [1.29, 1.82) is 0 Å². The third-order valence-corrected chi connectivity index (χ3v) is 5.30. The first-order chi connectivity index (χ1) is 9.68. The summed E-state index contributed by atoms with van der Waals surface area (Å²) in [4.78, 5) is 19.8. The van der Waals surface area contributed by atoms with Gasteiger partial charge in [0.2, 0.25) is 0 Å².